The summed E-state index contributed by atoms with van der Waals surface area (Å²) in [6.45, 7) is 0. The van der Waals surface area contributed by atoms with Crippen LogP contribution in [-0.2, 0) is 0 Å². The fraction of sp³-hybridized carbons (Fsp3) is 0.100. The average molecular weight is 224 g/mol. The number of hydrogen-bond donors (Lipinski definition) is 0. The molecule has 0 aromatic heterocycles. The first kappa shape index (κ1) is 11.2. The Morgan fingerprint density at radius 3 is 2.67 bits per heavy atom. The normalized spacial score (nSPS) is 9.13. The monoisotopic (exact) mass is 223 g/mol. The maximum atomic E-state index is 11.0. The van der Waals surface area contributed by atoms with Crippen LogP contribution in [0.4, 0.5) is 0 Å². The molecule has 76 valence electrons. The van der Waals surface area contributed by atoms with Crippen molar-refractivity contribution < 1.29 is 14.3 Å². The number of ether oxygens (including phenoxy) is 1. The molecule has 5 heteroatoms. The molecule has 1 aromatic carbocycles. The van der Waals surface area contributed by atoms with Crippen LogP contribution in [0.1, 0.15) is 26.3 Å². The Hall–Kier alpha value is -1.86. The average Bonchev–Trinajstić information content (AvgIpc) is 2.26. The Morgan fingerprint density at radius 1 is 1.60 bits per heavy atom. The van der Waals surface area contributed by atoms with E-state index in [1.54, 1.807) is 0 Å². The number of aldehydes is 1. The Balaban J connectivity index is 3.54. The smallest absolute Gasteiger partial charge is 0.256 e. The number of methoxy groups -OCH3 is 1. The Labute approximate surface area is 91.0 Å². The molecule has 1 aromatic rings. The van der Waals surface area contributed by atoms with Crippen LogP contribution in [0, 0.1) is 11.3 Å². The number of nitriles is 1. The van der Waals surface area contributed by atoms with Crippen molar-refractivity contribution in [1.82, 2.24) is 0 Å². The minimum absolute atomic E-state index is 0.0202. The zero-order chi connectivity index (χ0) is 11.4. The topological polar surface area (TPSA) is 67.2 Å². The van der Waals surface area contributed by atoms with Gasteiger partial charge in [-0.25, -0.2) is 0 Å². The van der Waals surface area contributed by atoms with Crippen molar-refractivity contribution in [2.45, 2.75) is 0 Å². The molecule has 0 radical (unpaired) electrons. The van der Waals surface area contributed by atoms with E-state index in [0.717, 1.165) is 0 Å². The predicted molar refractivity (Wildman–Crippen MR) is 53.3 cm³/mol. The third kappa shape index (κ3) is 2.14. The second-order valence-corrected chi connectivity index (χ2v) is 2.99. The SMILES string of the molecule is COc1cc(C#N)cc(C=O)c1C(=O)Cl. The number of carbonyl (C=O) groups excluding carboxylic acids is 2. The zero-order valence-electron chi connectivity index (χ0n) is 7.78. The molecule has 0 aliphatic rings. The van der Waals surface area contributed by atoms with Crippen molar-refractivity contribution in [3.05, 3.63) is 28.8 Å². The third-order valence-corrected chi connectivity index (χ3v) is 1.99. The van der Waals surface area contributed by atoms with Crippen LogP contribution in [-0.4, -0.2) is 18.6 Å². The van der Waals surface area contributed by atoms with Crippen LogP contribution in [0.15, 0.2) is 12.1 Å². The number of carbonyl (C=O) groups is 2. The van der Waals surface area contributed by atoms with Gasteiger partial charge in [-0.3, -0.25) is 9.59 Å². The van der Waals surface area contributed by atoms with Crippen molar-refractivity contribution in [2.24, 2.45) is 0 Å². The maximum absolute atomic E-state index is 11.0. The molecule has 0 fully saturated rings. The highest BCUT2D eigenvalue weighted by Gasteiger charge is 2.16. The van der Waals surface area contributed by atoms with E-state index in [4.69, 9.17) is 21.6 Å². The summed E-state index contributed by atoms with van der Waals surface area (Å²) in [5, 5.41) is 7.87. The molecule has 0 amide bonds. The molecule has 0 saturated carbocycles. The van der Waals surface area contributed by atoms with Gasteiger partial charge in [-0.15, -0.1) is 0 Å². The van der Waals surface area contributed by atoms with Gasteiger partial charge in [0, 0.05) is 5.56 Å². The van der Waals surface area contributed by atoms with Gasteiger partial charge in [0.15, 0.2) is 6.29 Å². The summed E-state index contributed by atoms with van der Waals surface area (Å²) in [7, 11) is 1.33. The summed E-state index contributed by atoms with van der Waals surface area (Å²) in [6.07, 6.45) is 0.457. The second-order valence-electron chi connectivity index (χ2n) is 2.65. The van der Waals surface area contributed by atoms with Gasteiger partial charge in [0.1, 0.15) is 5.75 Å². The van der Waals surface area contributed by atoms with Gasteiger partial charge < -0.3 is 4.74 Å². The number of hydrogen-bond acceptors (Lipinski definition) is 4. The minimum Gasteiger partial charge on any atom is -0.496 e. The van der Waals surface area contributed by atoms with Crippen LogP contribution < -0.4 is 4.74 Å². The highest BCUT2D eigenvalue weighted by molar-refractivity contribution is 6.68. The highest BCUT2D eigenvalue weighted by Crippen LogP contribution is 2.25. The van der Waals surface area contributed by atoms with Crippen LogP contribution in [0.2, 0.25) is 0 Å². The van der Waals surface area contributed by atoms with Gasteiger partial charge in [0.05, 0.1) is 24.3 Å². The van der Waals surface area contributed by atoms with E-state index in [-0.39, 0.29) is 22.4 Å². The second kappa shape index (κ2) is 4.58. The van der Waals surface area contributed by atoms with Crippen molar-refractivity contribution >= 4 is 23.1 Å². The minimum atomic E-state index is -0.793. The lowest BCUT2D eigenvalue weighted by Crippen LogP contribution is -2.02. The molecule has 0 bridgehead atoms. The van der Waals surface area contributed by atoms with Crippen molar-refractivity contribution in [3.63, 3.8) is 0 Å². The number of halogens is 1. The molecule has 0 heterocycles. The van der Waals surface area contributed by atoms with E-state index in [1.807, 2.05) is 6.07 Å². The van der Waals surface area contributed by atoms with Gasteiger partial charge in [-0.1, -0.05) is 0 Å². The predicted octanol–water partition coefficient (Wildman–Crippen LogP) is 1.76. The van der Waals surface area contributed by atoms with E-state index < -0.39 is 5.24 Å². The third-order valence-electron chi connectivity index (χ3n) is 1.81. The fourth-order valence-corrected chi connectivity index (χ4v) is 1.37. The molecule has 0 spiro atoms. The Morgan fingerprint density at radius 2 is 2.27 bits per heavy atom. The van der Waals surface area contributed by atoms with Crippen molar-refractivity contribution in [2.75, 3.05) is 7.11 Å². The quantitative estimate of drug-likeness (QED) is 0.578. The molecule has 4 nitrogen and oxygen atoms in total. The Bertz CT molecular complexity index is 462. The standard InChI is InChI=1S/C10H6ClNO3/c1-15-8-3-6(4-12)2-7(5-13)9(8)10(11)14/h2-3,5H,1H3. The van der Waals surface area contributed by atoms with E-state index >= 15 is 0 Å². The fourth-order valence-electron chi connectivity index (χ4n) is 1.17. The van der Waals surface area contributed by atoms with Crippen LogP contribution in [0.5, 0.6) is 5.75 Å². The summed E-state index contributed by atoms with van der Waals surface area (Å²) in [5.41, 5.74) is 0.259. The van der Waals surface area contributed by atoms with Gasteiger partial charge in [-0.05, 0) is 23.7 Å². The summed E-state index contributed by atoms with van der Waals surface area (Å²) >= 11 is 5.31. The zero-order valence-corrected chi connectivity index (χ0v) is 8.54. The first-order valence-corrected chi connectivity index (χ1v) is 4.29. The number of benzene rings is 1. The molecule has 15 heavy (non-hydrogen) atoms. The van der Waals surface area contributed by atoms with E-state index in [1.165, 1.54) is 19.2 Å². The van der Waals surface area contributed by atoms with E-state index in [2.05, 4.69) is 0 Å². The molecular weight excluding hydrogens is 218 g/mol. The first-order chi connectivity index (χ1) is 7.13. The molecule has 1 rings (SSSR count). The van der Waals surface area contributed by atoms with E-state index in [0.29, 0.717) is 6.29 Å². The summed E-state index contributed by atoms with van der Waals surface area (Å²) < 4.78 is 4.88. The maximum Gasteiger partial charge on any atom is 0.256 e. The lowest BCUT2D eigenvalue weighted by atomic mass is 10.0. The number of rotatable bonds is 3. The van der Waals surface area contributed by atoms with Crippen LogP contribution >= 0.6 is 11.6 Å². The largest absolute Gasteiger partial charge is 0.496 e. The van der Waals surface area contributed by atoms with E-state index in [9.17, 15) is 9.59 Å². The lowest BCUT2D eigenvalue weighted by molar-refractivity contribution is 0.106. The van der Waals surface area contributed by atoms with Crippen LogP contribution in [0.25, 0.3) is 0 Å². The summed E-state index contributed by atoms with van der Waals surface area (Å²) in [5.74, 6) is 0.121. The van der Waals surface area contributed by atoms with Crippen LogP contribution in [0.3, 0.4) is 0 Å². The molecule has 0 atom stereocenters. The number of nitrogens with zero attached hydrogens (tertiary/aromatic N) is 1. The van der Waals surface area contributed by atoms with Gasteiger partial charge in [0.25, 0.3) is 5.24 Å². The Kier molecular flexibility index (Phi) is 3.42. The van der Waals surface area contributed by atoms with Gasteiger partial charge in [0.2, 0.25) is 0 Å². The van der Waals surface area contributed by atoms with Gasteiger partial charge >= 0.3 is 0 Å². The summed E-state index contributed by atoms with van der Waals surface area (Å²) in [4.78, 5) is 21.7. The first-order valence-electron chi connectivity index (χ1n) is 3.91. The van der Waals surface area contributed by atoms with Crippen molar-refractivity contribution in [3.8, 4) is 11.8 Å². The molecule has 0 aliphatic heterocycles. The summed E-state index contributed by atoms with van der Waals surface area (Å²) in [6, 6.07) is 4.48. The molecule has 0 N–H and O–H groups in total. The van der Waals surface area contributed by atoms with Crippen molar-refractivity contribution in [1.29, 1.82) is 5.26 Å². The molecule has 0 unspecified atom stereocenters. The molecular formula is C10H6ClNO3. The molecule has 0 saturated heterocycles. The molecule has 0 aliphatic carbocycles. The highest BCUT2D eigenvalue weighted by atomic mass is 35.5. The van der Waals surface area contributed by atoms with Gasteiger partial charge in [-0.2, -0.15) is 5.26 Å². The lowest BCUT2D eigenvalue weighted by Gasteiger charge is -2.07.